The number of amides is 6. The topological polar surface area (TPSA) is 314 Å². The number of phenols is 1. The molecular weight excluding hydrogens is 887 g/mol. The fraction of sp³-hybridized carbons (Fsp3) is 0.413. The van der Waals surface area contributed by atoms with E-state index >= 15 is 0 Å². The van der Waals surface area contributed by atoms with Crippen molar-refractivity contribution < 1.29 is 43.8 Å². The average Bonchev–Trinajstić information content (AvgIpc) is 3.70. The molecule has 1 saturated heterocycles. The summed E-state index contributed by atoms with van der Waals surface area (Å²) in [6.07, 6.45) is 1.10. The Bertz CT molecular complexity index is 2300. The largest absolute Gasteiger partial charge is 0.508 e. The van der Waals surface area contributed by atoms with Crippen LogP contribution in [0.2, 0.25) is 0 Å². The number of fused-ring (bicyclic) bond motifs is 1. The lowest BCUT2D eigenvalue weighted by Gasteiger charge is -2.27. The van der Waals surface area contributed by atoms with Crippen molar-refractivity contribution in [2.24, 2.45) is 23.1 Å². The Hall–Kier alpha value is -5.93. The summed E-state index contributed by atoms with van der Waals surface area (Å²) >= 11 is 0. The zero-order valence-corrected chi connectivity index (χ0v) is 38.2. The standard InChI is InChI=1S/C46H59N9O9S2/c1-26(56)40(41(49)59)55-46(64)38-25-66-65-24-30(22-39(58)33(48)19-27-9-3-2-4-10-27)42(60)52-36(20-28-14-16-31(57)17-15-28)44(62)53-37(21-29-23-50-34-12-6-5-11-32(29)34)45(63)51-35(43(61)54-38)13-7-8-18-47/h2-6,9-12,14-17,23,26,30,33,35-38,40,50,56-57H,7-8,13,18-22,24-25,47-48H2,1H3,(H2,49,59)(H,51,63)(H,52,60)(H,53,62)(H,54,61)(H,55,64)/t26?,30-,33+,35-,36-,37+,38-,40-/m0/s1. The van der Waals surface area contributed by atoms with Gasteiger partial charge < -0.3 is 59.0 Å². The molecule has 0 spiro atoms. The number of nitrogens with one attached hydrogen (secondary N) is 6. The number of aliphatic hydroxyl groups is 1. The minimum absolute atomic E-state index is 0.0152. The number of carbonyl (C=O) groups excluding carboxylic acids is 7. The number of Topliss-reactive ketones (excluding diaryl/α,β-unsaturated/α-hetero) is 1. The van der Waals surface area contributed by atoms with Gasteiger partial charge in [0.25, 0.3) is 0 Å². The molecular formula is C46H59N9O9S2. The average molecular weight is 946 g/mol. The molecule has 4 aromatic rings. The van der Waals surface area contributed by atoms with Gasteiger partial charge in [0.15, 0.2) is 5.78 Å². The van der Waals surface area contributed by atoms with Gasteiger partial charge in [-0.3, -0.25) is 33.6 Å². The van der Waals surface area contributed by atoms with Crippen molar-refractivity contribution in [3.63, 3.8) is 0 Å². The highest BCUT2D eigenvalue weighted by Crippen LogP contribution is 2.28. The molecule has 354 valence electrons. The van der Waals surface area contributed by atoms with E-state index in [2.05, 4.69) is 31.6 Å². The van der Waals surface area contributed by atoms with Crippen molar-refractivity contribution in [1.82, 2.24) is 31.6 Å². The third kappa shape index (κ3) is 15.1. The number of aromatic amines is 1. The van der Waals surface area contributed by atoms with Crippen molar-refractivity contribution >= 4 is 73.7 Å². The van der Waals surface area contributed by atoms with Crippen LogP contribution in [0.15, 0.2) is 85.1 Å². The lowest BCUT2D eigenvalue weighted by atomic mass is 9.95. The highest BCUT2D eigenvalue weighted by Gasteiger charge is 2.35. The molecule has 0 bridgehead atoms. The van der Waals surface area contributed by atoms with E-state index in [0.29, 0.717) is 30.5 Å². The van der Waals surface area contributed by atoms with E-state index in [0.717, 1.165) is 38.1 Å². The monoisotopic (exact) mass is 945 g/mol. The number of aliphatic hydroxyl groups excluding tert-OH is 1. The molecule has 2 heterocycles. The molecule has 5 rings (SSSR count). The molecule has 0 saturated carbocycles. The quantitative estimate of drug-likeness (QED) is 0.0512. The molecule has 66 heavy (non-hydrogen) atoms. The maximum Gasteiger partial charge on any atom is 0.244 e. The number of H-pyrrole nitrogens is 1. The number of aromatic nitrogens is 1. The molecule has 14 N–H and O–H groups in total. The van der Waals surface area contributed by atoms with Crippen LogP contribution in [0.25, 0.3) is 10.9 Å². The van der Waals surface area contributed by atoms with E-state index in [-0.39, 0.29) is 49.4 Å². The summed E-state index contributed by atoms with van der Waals surface area (Å²) in [5, 5.41) is 34.6. The van der Waals surface area contributed by atoms with Crippen molar-refractivity contribution in [3.8, 4) is 5.75 Å². The van der Waals surface area contributed by atoms with Crippen LogP contribution >= 0.6 is 21.6 Å². The number of unbranched alkanes of at least 4 members (excludes halogenated alkanes) is 1. The first-order valence-corrected chi connectivity index (χ1v) is 24.2. The summed E-state index contributed by atoms with van der Waals surface area (Å²) in [6, 6.07) is 14.9. The van der Waals surface area contributed by atoms with Gasteiger partial charge in [-0.2, -0.15) is 0 Å². The van der Waals surface area contributed by atoms with Crippen molar-refractivity contribution in [3.05, 3.63) is 102 Å². The van der Waals surface area contributed by atoms with Crippen LogP contribution in [0.3, 0.4) is 0 Å². The number of phenolic OH excluding ortho intramolecular Hbond substituents is 1. The molecule has 3 aromatic carbocycles. The molecule has 1 aromatic heterocycles. The first kappa shape index (κ1) is 51.1. The lowest BCUT2D eigenvalue weighted by Crippen LogP contribution is -2.60. The maximum atomic E-state index is 14.6. The smallest absolute Gasteiger partial charge is 0.244 e. The number of ketones is 1. The highest BCUT2D eigenvalue weighted by molar-refractivity contribution is 8.76. The van der Waals surface area contributed by atoms with Gasteiger partial charge in [0.05, 0.1) is 18.1 Å². The summed E-state index contributed by atoms with van der Waals surface area (Å²) < 4.78 is 0. The van der Waals surface area contributed by atoms with Crippen LogP contribution in [-0.2, 0) is 52.8 Å². The third-order valence-electron chi connectivity index (χ3n) is 11.2. The zero-order chi connectivity index (χ0) is 47.8. The number of hydrogen-bond acceptors (Lipinski definition) is 13. The van der Waals surface area contributed by atoms with Gasteiger partial charge in [0, 0.05) is 47.9 Å². The number of aromatic hydroxyl groups is 1. The van der Waals surface area contributed by atoms with Crippen LogP contribution < -0.4 is 43.8 Å². The zero-order valence-electron chi connectivity index (χ0n) is 36.6. The van der Waals surface area contributed by atoms with E-state index in [1.54, 1.807) is 18.3 Å². The second-order valence-electron chi connectivity index (χ2n) is 16.3. The lowest BCUT2D eigenvalue weighted by molar-refractivity contribution is -0.135. The Morgan fingerprint density at radius 3 is 2.08 bits per heavy atom. The Morgan fingerprint density at radius 2 is 1.39 bits per heavy atom. The molecule has 0 radical (unpaired) electrons. The van der Waals surface area contributed by atoms with Crippen molar-refractivity contribution in [1.29, 1.82) is 0 Å². The molecule has 1 aliphatic heterocycles. The van der Waals surface area contributed by atoms with Crippen LogP contribution in [0.4, 0.5) is 0 Å². The molecule has 1 unspecified atom stereocenters. The Morgan fingerprint density at radius 1 is 0.773 bits per heavy atom. The predicted molar refractivity (Wildman–Crippen MR) is 253 cm³/mol. The van der Waals surface area contributed by atoms with Crippen LogP contribution in [-0.4, -0.2) is 117 Å². The highest BCUT2D eigenvalue weighted by atomic mass is 33.1. The van der Waals surface area contributed by atoms with Crippen LogP contribution in [0, 0.1) is 5.92 Å². The first-order valence-electron chi connectivity index (χ1n) is 21.7. The Balaban J connectivity index is 1.54. The molecule has 20 heteroatoms. The third-order valence-corrected chi connectivity index (χ3v) is 13.6. The van der Waals surface area contributed by atoms with Crippen molar-refractivity contribution in [2.75, 3.05) is 18.1 Å². The first-order chi connectivity index (χ1) is 31.6. The SMILES string of the molecule is CC(O)[C@H](NC(=O)[C@@H]1CSSC[C@H](CC(=O)[C@H](N)Cc2ccccc2)C(=O)N[C@@H](Cc2ccc(O)cc2)C(=O)N[C@H](Cc2c[nH]c3ccccc23)C(=O)N[C@@H](CCCCN)C(=O)N1)C(N)=O. The van der Waals surface area contributed by atoms with Crippen LogP contribution in [0.1, 0.15) is 49.3 Å². The minimum atomic E-state index is -1.50. The molecule has 18 nitrogen and oxygen atoms in total. The second-order valence-corrected chi connectivity index (χ2v) is 18.9. The van der Waals surface area contributed by atoms with E-state index in [1.807, 2.05) is 54.6 Å². The number of primary amides is 1. The number of benzene rings is 3. The molecule has 0 aliphatic carbocycles. The van der Waals surface area contributed by atoms with Gasteiger partial charge >= 0.3 is 0 Å². The molecule has 8 atom stereocenters. The van der Waals surface area contributed by atoms with E-state index in [9.17, 15) is 43.8 Å². The molecule has 1 aliphatic rings. The number of rotatable bonds is 17. The summed E-state index contributed by atoms with van der Waals surface area (Å²) in [5.41, 5.74) is 20.5. The Labute approximate surface area is 390 Å². The molecule has 1 fully saturated rings. The number of carbonyl (C=O) groups is 7. The normalized spacial score (nSPS) is 21.5. The summed E-state index contributed by atoms with van der Waals surface area (Å²) in [6.45, 7) is 1.57. The minimum Gasteiger partial charge on any atom is -0.508 e. The fourth-order valence-corrected chi connectivity index (χ4v) is 9.87. The maximum absolute atomic E-state index is 14.6. The van der Waals surface area contributed by atoms with Gasteiger partial charge in [-0.25, -0.2) is 0 Å². The predicted octanol–water partition coefficient (Wildman–Crippen LogP) is 0.618. The number of hydrogen-bond donors (Lipinski definition) is 11. The van der Waals surface area contributed by atoms with Gasteiger partial charge in [-0.05, 0) is 74.0 Å². The van der Waals surface area contributed by atoms with Gasteiger partial charge in [-0.1, -0.05) is 82.3 Å². The molecule has 6 amide bonds. The van der Waals surface area contributed by atoms with E-state index < -0.39 is 89.5 Å². The fourth-order valence-electron chi connectivity index (χ4n) is 7.39. The summed E-state index contributed by atoms with van der Waals surface area (Å²) in [4.78, 5) is 101. The van der Waals surface area contributed by atoms with Gasteiger partial charge in [0.1, 0.15) is 36.0 Å². The number of nitrogens with two attached hydrogens (primary N) is 3. The second kappa shape index (κ2) is 25.1. The van der Waals surface area contributed by atoms with E-state index in [1.165, 1.54) is 19.1 Å². The van der Waals surface area contributed by atoms with E-state index in [4.69, 9.17) is 17.2 Å². The van der Waals surface area contributed by atoms with Gasteiger partial charge in [0.2, 0.25) is 35.4 Å². The number of para-hydroxylation sites is 1. The summed E-state index contributed by atoms with van der Waals surface area (Å²) in [5.74, 6) is -6.41. The van der Waals surface area contributed by atoms with Crippen LogP contribution in [0.5, 0.6) is 5.75 Å². The van der Waals surface area contributed by atoms with Crippen molar-refractivity contribution in [2.45, 2.75) is 94.2 Å². The summed E-state index contributed by atoms with van der Waals surface area (Å²) in [7, 11) is 2.20. The van der Waals surface area contributed by atoms with Gasteiger partial charge in [-0.15, -0.1) is 0 Å². The Kier molecular flexibility index (Phi) is 19.4.